The lowest BCUT2D eigenvalue weighted by atomic mass is 10.5. The van der Waals surface area contributed by atoms with Crippen LogP contribution in [-0.2, 0) is 0 Å². The molecule has 0 amide bonds. The van der Waals surface area contributed by atoms with E-state index in [2.05, 4.69) is 4.98 Å². The van der Waals surface area contributed by atoms with E-state index in [4.69, 9.17) is 0 Å². The molecular weight excluding hydrogens is 98.9 g/mol. The first-order valence-electron chi connectivity index (χ1n) is 1.85. The van der Waals surface area contributed by atoms with Gasteiger partial charge >= 0.3 is 0 Å². The van der Waals surface area contributed by atoms with Gasteiger partial charge in [0, 0.05) is 20.8 Å². The van der Waals surface area contributed by atoms with Gasteiger partial charge < -0.3 is 6.15 Å². The number of hydrogen-bond acceptors (Lipinski definition) is 2. The van der Waals surface area contributed by atoms with Gasteiger partial charge in [-0.25, -0.2) is 0 Å². The topological polar surface area (TPSA) is 47.9 Å². The van der Waals surface area contributed by atoms with Crippen molar-refractivity contribution in [3.8, 4) is 0 Å². The highest BCUT2D eigenvalue weighted by Gasteiger charge is 1.58. The normalized spacial score (nSPS) is 6.00. The van der Waals surface area contributed by atoms with Gasteiger partial charge in [0.25, 0.3) is 0 Å². The standard InChI is InChI=1S/C5H5N.B.H3N/c1-2-4-6-5-3-1;;/h1-5H;;1H3. The highest BCUT2D eigenvalue weighted by molar-refractivity contribution is 5.75. The summed E-state index contributed by atoms with van der Waals surface area (Å²) in [6, 6.07) is 5.72. The zero-order valence-electron chi connectivity index (χ0n) is 4.62. The Kier molecular flexibility index (Phi) is 7.89. The molecule has 0 aliphatic heterocycles. The molecule has 8 heavy (non-hydrogen) atoms. The summed E-state index contributed by atoms with van der Waals surface area (Å²) in [5.74, 6) is 0. The smallest absolute Gasteiger partial charge is 0.0267 e. The first kappa shape index (κ1) is 10.2. The fourth-order valence-corrected chi connectivity index (χ4v) is 0.313. The molecule has 3 N–H and O–H groups in total. The molecule has 0 unspecified atom stereocenters. The summed E-state index contributed by atoms with van der Waals surface area (Å²) in [4.78, 5) is 3.78. The van der Waals surface area contributed by atoms with Gasteiger partial charge in [-0.15, -0.1) is 0 Å². The second kappa shape index (κ2) is 6.17. The van der Waals surface area contributed by atoms with Crippen LogP contribution in [0.5, 0.6) is 0 Å². The van der Waals surface area contributed by atoms with E-state index in [9.17, 15) is 0 Å². The van der Waals surface area contributed by atoms with E-state index in [0.717, 1.165) is 0 Å². The average Bonchev–Trinajstić information content (AvgIpc) is 1.72. The van der Waals surface area contributed by atoms with E-state index in [1.807, 2.05) is 18.2 Å². The highest BCUT2D eigenvalue weighted by atomic mass is 14.6. The fraction of sp³-hybridized carbons (Fsp3) is 0. The van der Waals surface area contributed by atoms with Crippen molar-refractivity contribution in [1.29, 1.82) is 0 Å². The van der Waals surface area contributed by atoms with Crippen LogP contribution < -0.4 is 6.15 Å². The van der Waals surface area contributed by atoms with Crippen molar-refractivity contribution in [3.05, 3.63) is 30.6 Å². The number of aromatic nitrogens is 1. The molecule has 3 heteroatoms. The molecule has 3 radical (unpaired) electrons. The Bertz CT molecular complexity index is 82.4. The molecule has 2 nitrogen and oxygen atoms in total. The molecule has 0 aliphatic rings. The Labute approximate surface area is 51.1 Å². The van der Waals surface area contributed by atoms with Crippen LogP contribution in [0.15, 0.2) is 30.6 Å². The summed E-state index contributed by atoms with van der Waals surface area (Å²) in [6.07, 6.45) is 3.50. The van der Waals surface area contributed by atoms with Crippen LogP contribution >= 0.6 is 0 Å². The third-order valence-electron chi connectivity index (χ3n) is 0.566. The number of nitrogens with zero attached hydrogens (tertiary/aromatic N) is 1. The van der Waals surface area contributed by atoms with E-state index in [1.54, 1.807) is 12.4 Å². The number of rotatable bonds is 0. The molecule has 1 aromatic heterocycles. The zero-order chi connectivity index (χ0) is 4.24. The van der Waals surface area contributed by atoms with Gasteiger partial charge in [-0.2, -0.15) is 0 Å². The maximum absolute atomic E-state index is 3.78. The first-order valence-corrected chi connectivity index (χ1v) is 1.85. The van der Waals surface area contributed by atoms with Gasteiger partial charge in [-0.1, -0.05) is 6.07 Å². The summed E-state index contributed by atoms with van der Waals surface area (Å²) in [5.41, 5.74) is 0. The Balaban J connectivity index is 0. The van der Waals surface area contributed by atoms with E-state index >= 15 is 0 Å². The fourth-order valence-electron chi connectivity index (χ4n) is 0.313. The van der Waals surface area contributed by atoms with Crippen molar-refractivity contribution in [2.75, 3.05) is 0 Å². The Morgan fingerprint density at radius 1 is 0.875 bits per heavy atom. The Morgan fingerprint density at radius 2 is 1.38 bits per heavy atom. The highest BCUT2D eigenvalue weighted by Crippen LogP contribution is 1.73. The van der Waals surface area contributed by atoms with Crippen LogP contribution in [0.3, 0.4) is 0 Å². The minimum atomic E-state index is 0. The van der Waals surface area contributed by atoms with E-state index in [0.29, 0.717) is 0 Å². The summed E-state index contributed by atoms with van der Waals surface area (Å²) in [7, 11) is 0. The maximum atomic E-state index is 3.78. The lowest BCUT2D eigenvalue weighted by Crippen LogP contribution is -1.58. The van der Waals surface area contributed by atoms with Gasteiger partial charge in [-0.05, 0) is 12.1 Å². The maximum Gasteiger partial charge on any atom is 0.0267 e. The number of pyridine rings is 1. The third kappa shape index (κ3) is 3.37. The van der Waals surface area contributed by atoms with Gasteiger partial charge in [0.1, 0.15) is 0 Å². The quantitative estimate of drug-likeness (QED) is 0.499. The molecule has 0 saturated heterocycles. The molecule has 0 fully saturated rings. The van der Waals surface area contributed by atoms with E-state index in [-0.39, 0.29) is 14.6 Å². The largest absolute Gasteiger partial charge is 0.344 e. The van der Waals surface area contributed by atoms with Crippen molar-refractivity contribution in [1.82, 2.24) is 11.1 Å². The van der Waals surface area contributed by atoms with Crippen LogP contribution in [0.2, 0.25) is 0 Å². The van der Waals surface area contributed by atoms with Gasteiger partial charge in [0.2, 0.25) is 0 Å². The van der Waals surface area contributed by atoms with Crippen molar-refractivity contribution in [2.24, 2.45) is 0 Å². The van der Waals surface area contributed by atoms with Gasteiger partial charge in [0.05, 0.1) is 0 Å². The van der Waals surface area contributed by atoms with Crippen molar-refractivity contribution in [3.63, 3.8) is 0 Å². The van der Waals surface area contributed by atoms with Crippen molar-refractivity contribution < 1.29 is 0 Å². The predicted molar refractivity (Wildman–Crippen MR) is 35.0 cm³/mol. The molecule has 0 aliphatic carbocycles. The lowest BCUT2D eigenvalue weighted by Gasteiger charge is -1.70. The second-order valence-electron chi connectivity index (χ2n) is 1.02. The van der Waals surface area contributed by atoms with Gasteiger partial charge in [0.15, 0.2) is 0 Å². The minimum absolute atomic E-state index is 0. The molecule has 41 valence electrons. The van der Waals surface area contributed by atoms with E-state index in [1.165, 1.54) is 0 Å². The molecule has 1 rings (SSSR count). The summed E-state index contributed by atoms with van der Waals surface area (Å²) < 4.78 is 0. The van der Waals surface area contributed by atoms with Crippen LogP contribution in [-0.4, -0.2) is 13.4 Å². The second-order valence-corrected chi connectivity index (χ2v) is 1.02. The molecule has 0 atom stereocenters. The van der Waals surface area contributed by atoms with Crippen LogP contribution in [0.25, 0.3) is 0 Å². The summed E-state index contributed by atoms with van der Waals surface area (Å²) in [6.45, 7) is 0. The average molecular weight is 107 g/mol. The van der Waals surface area contributed by atoms with Crippen molar-refractivity contribution >= 4 is 8.41 Å². The lowest BCUT2D eigenvalue weighted by molar-refractivity contribution is 1.33. The first-order chi connectivity index (χ1) is 3.00. The third-order valence-corrected chi connectivity index (χ3v) is 0.566. The van der Waals surface area contributed by atoms with Crippen LogP contribution in [0.4, 0.5) is 0 Å². The summed E-state index contributed by atoms with van der Waals surface area (Å²) >= 11 is 0. The Morgan fingerprint density at radius 3 is 1.50 bits per heavy atom. The molecule has 1 aromatic rings. The summed E-state index contributed by atoms with van der Waals surface area (Å²) in [5, 5.41) is 0. The van der Waals surface area contributed by atoms with Crippen LogP contribution in [0, 0.1) is 0 Å². The molecular formula is C5H8BN2. The van der Waals surface area contributed by atoms with Crippen LogP contribution in [0.1, 0.15) is 0 Å². The molecule has 0 aromatic carbocycles. The molecule has 1 heterocycles. The number of hydrogen-bond donors (Lipinski definition) is 1. The SMILES string of the molecule is N.[B].c1ccncc1. The monoisotopic (exact) mass is 107 g/mol. The van der Waals surface area contributed by atoms with Gasteiger partial charge in [-0.3, -0.25) is 4.98 Å². The van der Waals surface area contributed by atoms with E-state index < -0.39 is 0 Å². The zero-order valence-corrected chi connectivity index (χ0v) is 4.62. The van der Waals surface area contributed by atoms with Crippen molar-refractivity contribution in [2.45, 2.75) is 0 Å². The predicted octanol–water partition coefficient (Wildman–Crippen LogP) is 0.863. The molecule has 0 bridgehead atoms. The molecule has 0 spiro atoms. The Hall–Kier alpha value is -0.825. The minimum Gasteiger partial charge on any atom is -0.344 e. The molecule has 0 saturated carbocycles.